The van der Waals surface area contributed by atoms with Crippen molar-refractivity contribution in [3.63, 3.8) is 0 Å². The molecule has 0 aliphatic heterocycles. The Bertz CT molecular complexity index is 1340. The van der Waals surface area contributed by atoms with E-state index in [9.17, 15) is 39.3 Å². The molecule has 2 rings (SSSR count). The van der Waals surface area contributed by atoms with Crippen LogP contribution in [0.5, 0.6) is 11.5 Å². The zero-order valence-corrected chi connectivity index (χ0v) is 26.8. The van der Waals surface area contributed by atoms with E-state index in [1.165, 1.54) is 6.07 Å². The summed E-state index contributed by atoms with van der Waals surface area (Å²) in [6.45, 7) is 7.25. The molecule has 0 radical (unpaired) electrons. The molecule has 5 atom stereocenters. The second-order valence-corrected chi connectivity index (χ2v) is 11.7. The van der Waals surface area contributed by atoms with Crippen LogP contribution >= 0.6 is 0 Å². The van der Waals surface area contributed by atoms with Gasteiger partial charge in [-0.15, -0.1) is 0 Å². The average molecular weight is 642 g/mol. The number of carbonyl (C=O) groups excluding carboxylic acids is 4. The van der Waals surface area contributed by atoms with Crippen molar-refractivity contribution >= 4 is 29.6 Å². The Hall–Kier alpha value is -4.65. The number of amides is 4. The molecule has 0 saturated heterocycles. The van der Waals surface area contributed by atoms with Crippen LogP contribution in [0.3, 0.4) is 0 Å². The maximum Gasteiger partial charge on any atom is 0.326 e. The zero-order chi connectivity index (χ0) is 34.4. The molecule has 252 valence electrons. The van der Waals surface area contributed by atoms with E-state index in [4.69, 9.17) is 5.73 Å². The number of nitrogens with one attached hydrogen (secondary N) is 4. The number of phenols is 2. The lowest BCUT2D eigenvalue weighted by atomic mass is 9.96. The Morgan fingerprint density at radius 3 is 2.00 bits per heavy atom. The average Bonchev–Trinajstić information content (AvgIpc) is 3.02. The summed E-state index contributed by atoms with van der Waals surface area (Å²) in [6, 6.07) is 7.75. The van der Waals surface area contributed by atoms with E-state index in [0.29, 0.717) is 25.8 Å². The molecule has 0 spiro atoms. The molecular weight excluding hydrogens is 594 g/mol. The van der Waals surface area contributed by atoms with Crippen molar-refractivity contribution in [2.45, 2.75) is 84.0 Å². The Kier molecular flexibility index (Phi) is 15.0. The van der Waals surface area contributed by atoms with Gasteiger partial charge in [0.1, 0.15) is 35.7 Å². The van der Waals surface area contributed by atoms with Crippen LogP contribution in [0.25, 0.3) is 0 Å². The van der Waals surface area contributed by atoms with Crippen LogP contribution in [0.2, 0.25) is 0 Å². The first kappa shape index (κ1) is 37.5. The number of aliphatic carboxylic acids is 1. The molecule has 0 aliphatic rings. The molecule has 0 aromatic heterocycles. The van der Waals surface area contributed by atoms with Gasteiger partial charge in [0, 0.05) is 6.42 Å². The summed E-state index contributed by atoms with van der Waals surface area (Å²) in [5, 5.41) is 40.1. The van der Waals surface area contributed by atoms with Crippen LogP contribution < -0.4 is 27.0 Å². The van der Waals surface area contributed by atoms with E-state index >= 15 is 0 Å². The van der Waals surface area contributed by atoms with Gasteiger partial charge in [-0.05, 0) is 61.4 Å². The summed E-state index contributed by atoms with van der Waals surface area (Å²) in [4.78, 5) is 65.5. The van der Waals surface area contributed by atoms with Crippen LogP contribution in [-0.4, -0.2) is 75.6 Å². The topological polar surface area (TPSA) is 220 Å². The van der Waals surface area contributed by atoms with Crippen LogP contribution in [0.4, 0.5) is 0 Å². The summed E-state index contributed by atoms with van der Waals surface area (Å²) in [7, 11) is 0. The minimum Gasteiger partial charge on any atom is -0.508 e. The highest BCUT2D eigenvalue weighted by molar-refractivity contribution is 6.00. The van der Waals surface area contributed by atoms with Crippen LogP contribution in [0, 0.1) is 11.8 Å². The third-order valence-corrected chi connectivity index (χ3v) is 7.73. The second-order valence-electron chi connectivity index (χ2n) is 11.7. The van der Waals surface area contributed by atoms with Crippen LogP contribution in [0.15, 0.2) is 48.5 Å². The third-order valence-electron chi connectivity index (χ3n) is 7.73. The summed E-state index contributed by atoms with van der Waals surface area (Å²) >= 11 is 0. The maximum atomic E-state index is 13.8. The van der Waals surface area contributed by atoms with Crippen molar-refractivity contribution in [3.8, 4) is 11.5 Å². The lowest BCUT2D eigenvalue weighted by molar-refractivity contribution is -0.143. The lowest BCUT2D eigenvalue weighted by Gasteiger charge is -2.29. The van der Waals surface area contributed by atoms with Crippen molar-refractivity contribution in [2.24, 2.45) is 17.6 Å². The summed E-state index contributed by atoms with van der Waals surface area (Å²) in [5.41, 5.74) is 6.11. The first-order valence-corrected chi connectivity index (χ1v) is 15.5. The van der Waals surface area contributed by atoms with Crippen molar-refractivity contribution in [3.05, 3.63) is 59.7 Å². The fourth-order valence-corrected chi connectivity index (χ4v) is 4.75. The summed E-state index contributed by atoms with van der Waals surface area (Å²) in [5.74, 6) is -5.49. The quantitative estimate of drug-likeness (QED) is 0.0877. The molecule has 46 heavy (non-hydrogen) atoms. The zero-order valence-electron chi connectivity index (χ0n) is 26.8. The van der Waals surface area contributed by atoms with Crippen molar-refractivity contribution in [1.29, 1.82) is 0 Å². The molecule has 13 nitrogen and oxygen atoms in total. The third kappa shape index (κ3) is 11.4. The van der Waals surface area contributed by atoms with Crippen molar-refractivity contribution in [2.75, 3.05) is 6.54 Å². The van der Waals surface area contributed by atoms with E-state index in [2.05, 4.69) is 21.3 Å². The van der Waals surface area contributed by atoms with E-state index in [0.717, 1.165) is 17.7 Å². The fourth-order valence-electron chi connectivity index (χ4n) is 4.75. The normalized spacial score (nSPS) is 14.3. The van der Waals surface area contributed by atoms with Gasteiger partial charge in [0.05, 0.1) is 5.56 Å². The summed E-state index contributed by atoms with van der Waals surface area (Å²) in [6.07, 6.45) is 1.75. The fraction of sp³-hybridized carbons (Fsp3) is 0.485. The Morgan fingerprint density at radius 1 is 0.783 bits per heavy atom. The number of rotatable bonds is 18. The highest BCUT2D eigenvalue weighted by atomic mass is 16.4. The maximum absolute atomic E-state index is 13.8. The predicted octanol–water partition coefficient (Wildman–Crippen LogP) is 1.81. The van der Waals surface area contributed by atoms with Crippen molar-refractivity contribution < 1.29 is 39.3 Å². The van der Waals surface area contributed by atoms with E-state index in [1.807, 2.05) is 6.92 Å². The molecule has 0 fully saturated rings. The molecule has 9 N–H and O–H groups in total. The molecule has 0 saturated carbocycles. The van der Waals surface area contributed by atoms with Crippen molar-refractivity contribution in [1.82, 2.24) is 21.3 Å². The number of nitrogens with two attached hydrogens (primary N) is 1. The number of aromatic hydroxyl groups is 2. The number of benzene rings is 2. The highest BCUT2D eigenvalue weighted by Crippen LogP contribution is 2.22. The first-order valence-electron chi connectivity index (χ1n) is 15.5. The molecule has 2 aromatic carbocycles. The van der Waals surface area contributed by atoms with Crippen LogP contribution in [-0.2, 0) is 25.6 Å². The molecular formula is C33H47N5O8. The minimum absolute atomic E-state index is 0.0647. The van der Waals surface area contributed by atoms with E-state index in [-0.39, 0.29) is 24.2 Å². The highest BCUT2D eigenvalue weighted by Gasteiger charge is 2.34. The molecule has 13 heteroatoms. The molecule has 0 heterocycles. The van der Waals surface area contributed by atoms with Gasteiger partial charge in [-0.2, -0.15) is 0 Å². The number of phenolic OH excluding ortho intramolecular Hbond substituents is 2. The lowest BCUT2D eigenvalue weighted by Crippen LogP contribution is -2.60. The van der Waals surface area contributed by atoms with Crippen LogP contribution in [0.1, 0.15) is 69.3 Å². The van der Waals surface area contributed by atoms with Gasteiger partial charge >= 0.3 is 5.97 Å². The molecule has 4 amide bonds. The molecule has 0 bridgehead atoms. The van der Waals surface area contributed by atoms with Gasteiger partial charge < -0.3 is 42.3 Å². The Morgan fingerprint density at radius 2 is 1.41 bits per heavy atom. The van der Waals surface area contributed by atoms with Gasteiger partial charge in [0.15, 0.2) is 0 Å². The smallest absolute Gasteiger partial charge is 0.326 e. The van der Waals surface area contributed by atoms with Gasteiger partial charge in [-0.1, -0.05) is 64.4 Å². The molecule has 0 unspecified atom stereocenters. The van der Waals surface area contributed by atoms with E-state index in [1.54, 1.807) is 51.1 Å². The number of hydrogen-bond acceptors (Lipinski definition) is 8. The molecule has 0 aliphatic carbocycles. The SMILES string of the molecule is CC[C@H](C)[C@H](NC(=O)[C@H](CCCCN)NC(=O)c1cc(O)ccc1O)C(=O)N[C@@H](Cc1ccccc1)C(=O)N[C@H](C(=O)O)C(C)C. The number of carbonyl (C=O) groups is 5. The molecule has 2 aromatic rings. The largest absolute Gasteiger partial charge is 0.508 e. The summed E-state index contributed by atoms with van der Waals surface area (Å²) < 4.78 is 0. The Balaban J connectivity index is 2.33. The van der Waals surface area contributed by atoms with Gasteiger partial charge in [0.2, 0.25) is 17.7 Å². The second kappa shape index (κ2) is 18.4. The number of unbranched alkanes of at least 4 members (excludes halogenated alkanes) is 1. The first-order chi connectivity index (χ1) is 21.8. The standard InChI is InChI=1S/C33H47N5O8/c1-5-20(4)28(38-30(42)24(13-9-10-16-34)35-29(41)23-18-22(39)14-15-26(23)40)32(44)36-25(17-21-11-7-6-8-12-21)31(43)37-27(19(2)3)33(45)46/h6-8,11-12,14-15,18-20,24-25,27-28,39-40H,5,9-10,13,16-17,34H2,1-4H3,(H,35,41)(H,36,44)(H,37,43)(H,38,42)(H,45,46)/t20-,24-,25-,27-,28-/m0/s1. The van der Waals surface area contributed by atoms with Gasteiger partial charge in [-0.25, -0.2) is 4.79 Å². The van der Waals surface area contributed by atoms with Gasteiger partial charge in [-0.3, -0.25) is 19.2 Å². The minimum atomic E-state index is -1.21. The number of hydrogen-bond donors (Lipinski definition) is 8. The number of carboxylic acids is 1. The monoisotopic (exact) mass is 641 g/mol. The number of carboxylic acid groups (broad SMARTS) is 1. The van der Waals surface area contributed by atoms with E-state index < -0.39 is 71.4 Å². The Labute approximate surface area is 269 Å². The van der Waals surface area contributed by atoms with Gasteiger partial charge in [0.25, 0.3) is 5.91 Å². The predicted molar refractivity (Wildman–Crippen MR) is 172 cm³/mol.